The lowest BCUT2D eigenvalue weighted by Gasteiger charge is -2.27. The van der Waals surface area contributed by atoms with Gasteiger partial charge in [-0.25, -0.2) is 0 Å². The molecule has 1 atom stereocenters. The Morgan fingerprint density at radius 2 is 2.00 bits per heavy atom. The van der Waals surface area contributed by atoms with Crippen LogP contribution in [-0.2, 0) is 6.42 Å². The average molecular weight is 230 g/mol. The fraction of sp³-hybridized carbons (Fsp3) is 0.600. The molecule has 0 amide bonds. The minimum atomic E-state index is 0.575. The Morgan fingerprint density at radius 3 is 2.76 bits per heavy atom. The van der Waals surface area contributed by atoms with Gasteiger partial charge in [-0.15, -0.1) is 0 Å². The maximum absolute atomic E-state index is 3.44. The number of hydrogen-bond acceptors (Lipinski definition) is 2. The molecule has 17 heavy (non-hydrogen) atoms. The Kier molecular flexibility index (Phi) is 3.06. The van der Waals surface area contributed by atoms with E-state index in [1.54, 1.807) is 5.56 Å². The first-order valence-electron chi connectivity index (χ1n) is 6.93. The summed E-state index contributed by atoms with van der Waals surface area (Å²) in [5.74, 6) is 0. The number of fused-ring (bicyclic) bond motifs is 1. The van der Waals surface area contributed by atoms with Crippen LogP contribution in [0, 0.1) is 0 Å². The van der Waals surface area contributed by atoms with Crippen molar-refractivity contribution in [2.75, 3.05) is 25.0 Å². The quantitative estimate of drug-likeness (QED) is 0.840. The molecule has 0 radical (unpaired) electrons. The third-order valence-electron chi connectivity index (χ3n) is 4.26. The fourth-order valence-electron chi connectivity index (χ4n) is 3.27. The summed E-state index contributed by atoms with van der Waals surface area (Å²) < 4.78 is 0. The number of aryl methyl sites for hydroxylation is 1. The standard InChI is InChI=1S/C15H22N2/c1-16-15-6-4-5-12-11-13(7-8-14(12)15)17-9-2-3-10-17/h7-8,11,15-16H,2-6,9-10H2,1H3/t15-/m1/s1. The van der Waals surface area contributed by atoms with Gasteiger partial charge < -0.3 is 10.2 Å². The maximum atomic E-state index is 3.44. The summed E-state index contributed by atoms with van der Waals surface area (Å²) in [7, 11) is 2.08. The number of nitrogens with one attached hydrogen (secondary N) is 1. The van der Waals surface area contributed by atoms with Crippen molar-refractivity contribution in [3.8, 4) is 0 Å². The van der Waals surface area contributed by atoms with Gasteiger partial charge in [0.05, 0.1) is 0 Å². The molecule has 2 heteroatoms. The second-order valence-corrected chi connectivity index (χ2v) is 5.31. The summed E-state index contributed by atoms with van der Waals surface area (Å²) in [6, 6.07) is 7.68. The Hall–Kier alpha value is -1.02. The van der Waals surface area contributed by atoms with E-state index in [4.69, 9.17) is 0 Å². The average Bonchev–Trinajstić information content (AvgIpc) is 2.91. The molecule has 0 spiro atoms. The van der Waals surface area contributed by atoms with Crippen molar-refractivity contribution >= 4 is 5.69 Å². The zero-order valence-electron chi connectivity index (χ0n) is 10.7. The Labute approximate surface area is 104 Å². The molecule has 0 bridgehead atoms. The van der Waals surface area contributed by atoms with Crippen molar-refractivity contribution < 1.29 is 0 Å². The number of anilines is 1. The van der Waals surface area contributed by atoms with Crippen LogP contribution in [0.1, 0.15) is 42.9 Å². The normalized spacial score (nSPS) is 23.8. The first kappa shape index (κ1) is 11.1. The van der Waals surface area contributed by atoms with Crippen molar-refractivity contribution in [1.29, 1.82) is 0 Å². The van der Waals surface area contributed by atoms with Crippen molar-refractivity contribution in [1.82, 2.24) is 5.32 Å². The van der Waals surface area contributed by atoms with Gasteiger partial charge >= 0.3 is 0 Å². The van der Waals surface area contributed by atoms with E-state index in [-0.39, 0.29) is 0 Å². The van der Waals surface area contributed by atoms with E-state index >= 15 is 0 Å². The van der Waals surface area contributed by atoms with Gasteiger partial charge in [-0.05, 0) is 62.4 Å². The molecule has 1 aromatic carbocycles. The molecule has 92 valence electrons. The summed E-state index contributed by atoms with van der Waals surface area (Å²) >= 11 is 0. The summed E-state index contributed by atoms with van der Waals surface area (Å²) in [6.45, 7) is 2.49. The van der Waals surface area contributed by atoms with Crippen LogP contribution in [0.5, 0.6) is 0 Å². The lowest BCUT2D eigenvalue weighted by Crippen LogP contribution is -2.23. The monoisotopic (exact) mass is 230 g/mol. The highest BCUT2D eigenvalue weighted by Crippen LogP contribution is 2.32. The van der Waals surface area contributed by atoms with Crippen molar-refractivity contribution in [2.45, 2.75) is 38.1 Å². The number of hydrogen-bond donors (Lipinski definition) is 1. The van der Waals surface area contributed by atoms with Gasteiger partial charge in [-0.2, -0.15) is 0 Å². The van der Waals surface area contributed by atoms with Crippen LogP contribution >= 0.6 is 0 Å². The molecule has 2 nitrogen and oxygen atoms in total. The van der Waals surface area contributed by atoms with E-state index in [1.165, 1.54) is 56.4 Å². The summed E-state index contributed by atoms with van der Waals surface area (Å²) in [5, 5.41) is 3.44. The minimum absolute atomic E-state index is 0.575. The summed E-state index contributed by atoms with van der Waals surface area (Å²) in [6.07, 6.45) is 6.58. The highest BCUT2D eigenvalue weighted by atomic mass is 15.1. The molecule has 1 aliphatic heterocycles. The zero-order valence-corrected chi connectivity index (χ0v) is 10.7. The smallest absolute Gasteiger partial charge is 0.0369 e. The third-order valence-corrected chi connectivity index (χ3v) is 4.26. The van der Waals surface area contributed by atoms with Gasteiger partial charge in [-0.3, -0.25) is 0 Å². The molecule has 0 unspecified atom stereocenters. The first-order valence-corrected chi connectivity index (χ1v) is 6.93. The van der Waals surface area contributed by atoms with Crippen LogP contribution in [0.2, 0.25) is 0 Å². The van der Waals surface area contributed by atoms with Crippen LogP contribution in [0.4, 0.5) is 5.69 Å². The fourth-order valence-corrected chi connectivity index (χ4v) is 3.27. The van der Waals surface area contributed by atoms with E-state index in [1.807, 2.05) is 0 Å². The van der Waals surface area contributed by atoms with Crippen molar-refractivity contribution in [3.05, 3.63) is 29.3 Å². The second-order valence-electron chi connectivity index (χ2n) is 5.31. The predicted molar refractivity (Wildman–Crippen MR) is 72.6 cm³/mol. The van der Waals surface area contributed by atoms with E-state index in [0.717, 1.165) is 0 Å². The molecular weight excluding hydrogens is 208 g/mol. The van der Waals surface area contributed by atoms with Crippen LogP contribution in [-0.4, -0.2) is 20.1 Å². The van der Waals surface area contributed by atoms with Crippen LogP contribution < -0.4 is 10.2 Å². The van der Waals surface area contributed by atoms with Gasteiger partial charge in [0.25, 0.3) is 0 Å². The number of rotatable bonds is 2. The topological polar surface area (TPSA) is 15.3 Å². The third kappa shape index (κ3) is 2.06. The molecule has 0 saturated carbocycles. The molecule has 1 N–H and O–H groups in total. The number of benzene rings is 1. The molecule has 1 saturated heterocycles. The van der Waals surface area contributed by atoms with E-state index < -0.39 is 0 Å². The van der Waals surface area contributed by atoms with Crippen molar-refractivity contribution in [2.24, 2.45) is 0 Å². The first-order chi connectivity index (χ1) is 8.38. The van der Waals surface area contributed by atoms with Gasteiger partial charge in [0, 0.05) is 24.8 Å². The van der Waals surface area contributed by atoms with E-state index in [2.05, 4.69) is 35.5 Å². The highest BCUT2D eigenvalue weighted by molar-refractivity contribution is 5.52. The lowest BCUT2D eigenvalue weighted by atomic mass is 9.87. The van der Waals surface area contributed by atoms with Crippen molar-refractivity contribution in [3.63, 3.8) is 0 Å². The Balaban J connectivity index is 1.90. The van der Waals surface area contributed by atoms with Crippen LogP contribution in [0.25, 0.3) is 0 Å². The largest absolute Gasteiger partial charge is 0.372 e. The molecule has 0 aromatic heterocycles. The lowest BCUT2D eigenvalue weighted by molar-refractivity contribution is 0.496. The summed E-state index contributed by atoms with van der Waals surface area (Å²) in [5.41, 5.74) is 4.54. The van der Waals surface area contributed by atoms with E-state index in [0.29, 0.717) is 6.04 Å². The Morgan fingerprint density at radius 1 is 1.18 bits per heavy atom. The molecule has 1 fully saturated rings. The minimum Gasteiger partial charge on any atom is -0.372 e. The van der Waals surface area contributed by atoms with Gasteiger partial charge in [0.15, 0.2) is 0 Å². The SMILES string of the molecule is CN[C@@H]1CCCc2cc(N3CCCC3)ccc21. The molecule has 2 aliphatic rings. The second kappa shape index (κ2) is 4.69. The van der Waals surface area contributed by atoms with Gasteiger partial charge in [0.1, 0.15) is 0 Å². The molecule has 1 aromatic rings. The van der Waals surface area contributed by atoms with E-state index in [9.17, 15) is 0 Å². The van der Waals surface area contributed by atoms with Crippen LogP contribution in [0.15, 0.2) is 18.2 Å². The maximum Gasteiger partial charge on any atom is 0.0369 e. The predicted octanol–water partition coefficient (Wildman–Crippen LogP) is 2.88. The Bertz CT molecular complexity index is 394. The van der Waals surface area contributed by atoms with Crippen LogP contribution in [0.3, 0.4) is 0 Å². The van der Waals surface area contributed by atoms with Gasteiger partial charge in [-0.1, -0.05) is 6.07 Å². The highest BCUT2D eigenvalue weighted by Gasteiger charge is 2.20. The molecule has 3 rings (SSSR count). The molecule has 1 heterocycles. The number of nitrogens with zero attached hydrogens (tertiary/aromatic N) is 1. The zero-order chi connectivity index (χ0) is 11.7. The van der Waals surface area contributed by atoms with Gasteiger partial charge in [0.2, 0.25) is 0 Å². The summed E-state index contributed by atoms with van der Waals surface area (Å²) in [4.78, 5) is 2.53. The molecular formula is C15H22N2. The molecule has 1 aliphatic carbocycles.